The summed E-state index contributed by atoms with van der Waals surface area (Å²) < 4.78 is 5.57. The Labute approximate surface area is 173 Å². The van der Waals surface area contributed by atoms with Crippen LogP contribution in [0, 0.1) is 5.92 Å². The van der Waals surface area contributed by atoms with Crippen molar-refractivity contribution < 1.29 is 14.3 Å². The fourth-order valence-electron chi connectivity index (χ4n) is 3.44. The lowest BCUT2D eigenvalue weighted by Gasteiger charge is -2.30. The number of hydrogen-bond acceptors (Lipinski definition) is 3. The van der Waals surface area contributed by atoms with E-state index >= 15 is 0 Å². The van der Waals surface area contributed by atoms with E-state index in [0.717, 1.165) is 36.3 Å². The minimum absolute atomic E-state index is 0.0401. The van der Waals surface area contributed by atoms with Crippen LogP contribution in [0.2, 0.25) is 0 Å². The molecule has 1 aliphatic heterocycles. The third kappa shape index (κ3) is 5.59. The molecule has 5 nitrogen and oxygen atoms in total. The van der Waals surface area contributed by atoms with E-state index < -0.39 is 0 Å². The van der Waals surface area contributed by atoms with Gasteiger partial charge in [-0.25, -0.2) is 0 Å². The number of hydrogen-bond donors (Lipinski definition) is 1. The maximum absolute atomic E-state index is 12.3. The number of aryl methyl sites for hydroxylation is 2. The Morgan fingerprint density at radius 2 is 1.90 bits per heavy atom. The zero-order chi connectivity index (χ0) is 20.8. The van der Waals surface area contributed by atoms with E-state index in [1.807, 2.05) is 47.4 Å². The minimum Gasteiger partial charge on any atom is -0.484 e. The van der Waals surface area contributed by atoms with Gasteiger partial charge in [0, 0.05) is 24.3 Å². The lowest BCUT2D eigenvalue weighted by molar-refractivity contribution is -0.119. The van der Waals surface area contributed by atoms with Gasteiger partial charge < -0.3 is 15.0 Å². The summed E-state index contributed by atoms with van der Waals surface area (Å²) in [6.45, 7) is 7.12. The largest absolute Gasteiger partial charge is 0.484 e. The molecule has 1 heterocycles. The van der Waals surface area contributed by atoms with Crippen molar-refractivity contribution in [2.24, 2.45) is 5.92 Å². The number of anilines is 2. The van der Waals surface area contributed by atoms with Crippen molar-refractivity contribution in [2.75, 3.05) is 23.4 Å². The first-order valence-electron chi connectivity index (χ1n) is 10.4. The monoisotopic (exact) mass is 394 g/mol. The number of benzene rings is 2. The summed E-state index contributed by atoms with van der Waals surface area (Å²) in [5.74, 6) is 1.21. The highest BCUT2D eigenvalue weighted by atomic mass is 16.5. The smallest absolute Gasteiger partial charge is 0.262 e. The van der Waals surface area contributed by atoms with E-state index in [1.165, 1.54) is 5.56 Å². The zero-order valence-electron chi connectivity index (χ0n) is 17.5. The van der Waals surface area contributed by atoms with E-state index in [2.05, 4.69) is 26.1 Å². The Kier molecular flexibility index (Phi) is 6.91. The van der Waals surface area contributed by atoms with Gasteiger partial charge >= 0.3 is 0 Å². The van der Waals surface area contributed by atoms with Crippen LogP contribution in [0.5, 0.6) is 5.75 Å². The van der Waals surface area contributed by atoms with Gasteiger partial charge in [-0.05, 0) is 66.6 Å². The van der Waals surface area contributed by atoms with Crippen molar-refractivity contribution in [2.45, 2.75) is 46.5 Å². The summed E-state index contributed by atoms with van der Waals surface area (Å²) in [6, 6.07) is 13.5. The van der Waals surface area contributed by atoms with Crippen LogP contribution in [0.15, 0.2) is 42.5 Å². The van der Waals surface area contributed by atoms with E-state index in [1.54, 1.807) is 0 Å². The summed E-state index contributed by atoms with van der Waals surface area (Å²) in [7, 11) is 0. The first-order valence-corrected chi connectivity index (χ1v) is 10.4. The third-order valence-corrected chi connectivity index (χ3v) is 5.19. The summed E-state index contributed by atoms with van der Waals surface area (Å²) in [5.41, 5.74) is 4.03. The average molecular weight is 395 g/mol. The highest BCUT2D eigenvalue weighted by Crippen LogP contribution is 2.31. The van der Waals surface area contributed by atoms with E-state index in [-0.39, 0.29) is 18.4 Å². The molecule has 1 N–H and O–H groups in total. The van der Waals surface area contributed by atoms with Gasteiger partial charge in [-0.3, -0.25) is 9.59 Å². The van der Waals surface area contributed by atoms with Gasteiger partial charge in [-0.1, -0.05) is 32.9 Å². The molecule has 0 aliphatic carbocycles. The molecule has 3 rings (SSSR count). The van der Waals surface area contributed by atoms with Gasteiger partial charge in [0.25, 0.3) is 5.91 Å². The van der Waals surface area contributed by atoms with Gasteiger partial charge in [0.15, 0.2) is 6.61 Å². The van der Waals surface area contributed by atoms with Crippen LogP contribution >= 0.6 is 0 Å². The van der Waals surface area contributed by atoms with E-state index in [9.17, 15) is 9.59 Å². The van der Waals surface area contributed by atoms with Gasteiger partial charge in [-0.2, -0.15) is 0 Å². The summed E-state index contributed by atoms with van der Waals surface area (Å²) in [6.07, 6.45) is 3.16. The molecule has 2 aromatic rings. The second-order valence-corrected chi connectivity index (χ2v) is 7.91. The molecule has 0 saturated carbocycles. The van der Waals surface area contributed by atoms with Gasteiger partial charge in [0.1, 0.15) is 5.75 Å². The van der Waals surface area contributed by atoms with Crippen LogP contribution in [0.1, 0.15) is 44.7 Å². The molecule has 2 amide bonds. The Balaban J connectivity index is 1.60. The highest BCUT2D eigenvalue weighted by molar-refractivity contribution is 5.97. The number of carbonyl (C=O) groups is 2. The van der Waals surface area contributed by atoms with Crippen LogP contribution in [0.4, 0.5) is 11.4 Å². The van der Waals surface area contributed by atoms with Crippen molar-refractivity contribution in [3.63, 3.8) is 0 Å². The molecule has 0 bridgehead atoms. The second kappa shape index (κ2) is 9.59. The Bertz CT molecular complexity index is 859. The molecule has 0 saturated heterocycles. The van der Waals surface area contributed by atoms with Gasteiger partial charge in [0.2, 0.25) is 5.91 Å². The maximum atomic E-state index is 12.3. The van der Waals surface area contributed by atoms with E-state index in [0.29, 0.717) is 24.5 Å². The normalized spacial score (nSPS) is 13.4. The molecule has 2 aromatic carbocycles. The molecule has 0 fully saturated rings. The lowest BCUT2D eigenvalue weighted by Crippen LogP contribution is -2.36. The fourth-order valence-corrected chi connectivity index (χ4v) is 3.44. The molecule has 154 valence electrons. The Hall–Kier alpha value is -2.82. The molecule has 29 heavy (non-hydrogen) atoms. The minimum atomic E-state index is -0.201. The number of fused-ring (bicyclic) bond motifs is 1. The molecule has 1 aliphatic rings. The summed E-state index contributed by atoms with van der Waals surface area (Å²) in [4.78, 5) is 26.5. The predicted molar refractivity (Wildman–Crippen MR) is 117 cm³/mol. The molecule has 0 radical (unpaired) electrons. The van der Waals surface area contributed by atoms with Crippen LogP contribution < -0.4 is 15.0 Å². The fraction of sp³-hybridized carbons (Fsp3) is 0.417. The number of carbonyl (C=O) groups excluding carboxylic acids is 2. The standard InChI is InChI=1S/C24H30N2O3/c1-4-18-5-9-21(10-6-18)29-16-23(27)25-20-8-11-22-19(15-20)7-12-24(28)26(22)14-13-17(2)3/h5-6,8-11,15,17H,4,7,12-14,16H2,1-3H3,(H,25,27). The van der Waals surface area contributed by atoms with Gasteiger partial charge in [0.05, 0.1) is 0 Å². The predicted octanol–water partition coefficient (Wildman–Crippen LogP) is 4.59. The molecule has 0 unspecified atom stereocenters. The first kappa shape index (κ1) is 20.9. The number of nitrogens with one attached hydrogen (secondary N) is 1. The number of rotatable bonds is 8. The zero-order valence-corrected chi connectivity index (χ0v) is 17.5. The molecular formula is C24H30N2O3. The van der Waals surface area contributed by atoms with Crippen LogP contribution in [0.3, 0.4) is 0 Å². The van der Waals surface area contributed by atoms with Crippen molar-refractivity contribution in [3.8, 4) is 5.75 Å². The third-order valence-electron chi connectivity index (χ3n) is 5.19. The Morgan fingerprint density at radius 1 is 1.14 bits per heavy atom. The topological polar surface area (TPSA) is 58.6 Å². The Morgan fingerprint density at radius 3 is 2.59 bits per heavy atom. The second-order valence-electron chi connectivity index (χ2n) is 7.91. The maximum Gasteiger partial charge on any atom is 0.262 e. The first-order chi connectivity index (χ1) is 14.0. The number of ether oxygens (including phenoxy) is 1. The van der Waals surface area contributed by atoms with Crippen LogP contribution in [0.25, 0.3) is 0 Å². The number of nitrogens with zero attached hydrogens (tertiary/aromatic N) is 1. The average Bonchev–Trinajstić information content (AvgIpc) is 2.72. The summed E-state index contributed by atoms with van der Waals surface area (Å²) in [5, 5.41) is 2.89. The van der Waals surface area contributed by atoms with Crippen molar-refractivity contribution in [3.05, 3.63) is 53.6 Å². The molecule has 0 atom stereocenters. The highest BCUT2D eigenvalue weighted by Gasteiger charge is 2.24. The summed E-state index contributed by atoms with van der Waals surface area (Å²) >= 11 is 0. The molecule has 5 heteroatoms. The lowest BCUT2D eigenvalue weighted by atomic mass is 9.99. The van der Waals surface area contributed by atoms with Crippen LogP contribution in [-0.2, 0) is 22.4 Å². The van der Waals surface area contributed by atoms with Gasteiger partial charge in [-0.15, -0.1) is 0 Å². The SMILES string of the molecule is CCc1ccc(OCC(=O)Nc2ccc3c(c2)CCC(=O)N3CCC(C)C)cc1. The van der Waals surface area contributed by atoms with Crippen LogP contribution in [-0.4, -0.2) is 25.0 Å². The molecular weight excluding hydrogens is 364 g/mol. The number of amides is 2. The van der Waals surface area contributed by atoms with Crippen molar-refractivity contribution >= 4 is 23.2 Å². The molecule has 0 aromatic heterocycles. The van der Waals surface area contributed by atoms with Crippen molar-refractivity contribution in [1.29, 1.82) is 0 Å². The van der Waals surface area contributed by atoms with Crippen molar-refractivity contribution in [1.82, 2.24) is 0 Å². The van der Waals surface area contributed by atoms with E-state index in [4.69, 9.17) is 4.74 Å². The molecule has 0 spiro atoms. The quantitative estimate of drug-likeness (QED) is 0.712.